The number of hydrogen-bond acceptors (Lipinski definition) is 2. The van der Waals surface area contributed by atoms with Crippen molar-refractivity contribution in [3.8, 4) is 0 Å². The summed E-state index contributed by atoms with van der Waals surface area (Å²) in [6.45, 7) is 5.39. The van der Waals surface area contributed by atoms with Gasteiger partial charge < -0.3 is 15.3 Å². The maximum absolute atomic E-state index is 12.2. The van der Waals surface area contributed by atoms with Crippen LogP contribution in [-0.2, 0) is 4.79 Å². The molecule has 1 saturated carbocycles. The minimum Gasteiger partial charge on any atom is -0.480 e. The number of likely N-dealkylation sites (tertiary alicyclic amines) is 1. The Morgan fingerprint density at radius 2 is 2.00 bits per heavy atom. The Morgan fingerprint density at radius 1 is 1.25 bits per heavy atom. The quantitative estimate of drug-likeness (QED) is 0.834. The lowest BCUT2D eigenvalue weighted by atomic mass is 9.82. The normalized spacial score (nSPS) is 34.0. The van der Waals surface area contributed by atoms with Crippen LogP contribution in [0.1, 0.15) is 46.0 Å². The summed E-state index contributed by atoms with van der Waals surface area (Å²) in [7, 11) is 0. The highest BCUT2D eigenvalue weighted by Gasteiger charge is 2.39. The molecule has 0 spiro atoms. The second-order valence-electron chi connectivity index (χ2n) is 6.57. The first-order valence-electron chi connectivity index (χ1n) is 7.76. The summed E-state index contributed by atoms with van der Waals surface area (Å²) in [4.78, 5) is 24.9. The van der Waals surface area contributed by atoms with E-state index in [0.717, 1.165) is 12.3 Å². The zero-order valence-electron chi connectivity index (χ0n) is 12.5. The van der Waals surface area contributed by atoms with Crippen LogP contribution in [0.25, 0.3) is 0 Å². The molecular formula is C15H26N2O3. The maximum Gasteiger partial charge on any atom is 0.326 e. The molecule has 0 aromatic rings. The number of hydrogen-bond donors (Lipinski definition) is 2. The summed E-state index contributed by atoms with van der Waals surface area (Å²) < 4.78 is 0. The lowest BCUT2D eigenvalue weighted by Crippen LogP contribution is -2.48. The third kappa shape index (κ3) is 3.44. The number of carboxylic acid groups (broad SMARTS) is 1. The Hall–Kier alpha value is -1.26. The number of carboxylic acids is 1. The van der Waals surface area contributed by atoms with Gasteiger partial charge in [-0.15, -0.1) is 0 Å². The van der Waals surface area contributed by atoms with E-state index in [2.05, 4.69) is 12.2 Å². The average molecular weight is 282 g/mol. The number of carbonyl (C=O) groups is 2. The van der Waals surface area contributed by atoms with Crippen molar-refractivity contribution in [2.75, 3.05) is 13.1 Å². The third-order valence-electron chi connectivity index (χ3n) is 4.80. The summed E-state index contributed by atoms with van der Waals surface area (Å²) in [5, 5.41) is 12.2. The summed E-state index contributed by atoms with van der Waals surface area (Å²) in [6, 6.07) is -0.875. The van der Waals surface area contributed by atoms with Gasteiger partial charge in [0.1, 0.15) is 6.04 Å². The molecule has 114 valence electrons. The van der Waals surface area contributed by atoms with Gasteiger partial charge in [0.15, 0.2) is 0 Å². The minimum atomic E-state index is -0.892. The molecule has 0 radical (unpaired) electrons. The van der Waals surface area contributed by atoms with Crippen molar-refractivity contribution in [2.45, 2.75) is 52.0 Å². The van der Waals surface area contributed by atoms with Gasteiger partial charge in [-0.1, -0.05) is 26.7 Å². The number of urea groups is 1. The molecule has 0 aromatic heterocycles. The van der Waals surface area contributed by atoms with Gasteiger partial charge in [0, 0.05) is 13.1 Å². The summed E-state index contributed by atoms with van der Waals surface area (Å²) in [5.74, 6) is 0.430. The van der Waals surface area contributed by atoms with Crippen LogP contribution in [0.5, 0.6) is 0 Å². The Bertz CT molecular complexity index is 372. The van der Waals surface area contributed by atoms with Crippen molar-refractivity contribution in [1.29, 1.82) is 0 Å². The largest absolute Gasteiger partial charge is 0.480 e. The second kappa shape index (κ2) is 6.46. The molecule has 1 saturated heterocycles. The first kappa shape index (κ1) is 15.1. The van der Waals surface area contributed by atoms with Crippen molar-refractivity contribution in [1.82, 2.24) is 10.2 Å². The van der Waals surface area contributed by atoms with Gasteiger partial charge in [0.25, 0.3) is 0 Å². The van der Waals surface area contributed by atoms with E-state index in [1.54, 1.807) is 0 Å². The van der Waals surface area contributed by atoms with E-state index in [9.17, 15) is 14.7 Å². The van der Waals surface area contributed by atoms with Gasteiger partial charge in [-0.25, -0.2) is 9.59 Å². The third-order valence-corrected chi connectivity index (χ3v) is 4.80. The lowest BCUT2D eigenvalue weighted by molar-refractivity contribution is -0.142. The van der Waals surface area contributed by atoms with Crippen molar-refractivity contribution < 1.29 is 14.7 Å². The summed E-state index contributed by atoms with van der Waals surface area (Å²) in [6.07, 6.45) is 5.63. The molecule has 4 unspecified atom stereocenters. The zero-order valence-corrected chi connectivity index (χ0v) is 12.5. The molecule has 2 amide bonds. The molecule has 1 aliphatic heterocycles. The number of aliphatic carboxylic acids is 1. The number of nitrogens with one attached hydrogen (secondary N) is 1. The molecule has 2 rings (SSSR count). The van der Waals surface area contributed by atoms with Crippen LogP contribution >= 0.6 is 0 Å². The SMILES string of the molecule is CC1CCCC(CNC(=O)N2CCC(C)C2C(=O)O)C1. The van der Waals surface area contributed by atoms with Gasteiger partial charge in [-0.2, -0.15) is 0 Å². The van der Waals surface area contributed by atoms with Crippen molar-refractivity contribution in [3.63, 3.8) is 0 Å². The molecule has 4 atom stereocenters. The molecule has 1 aliphatic carbocycles. The van der Waals surface area contributed by atoms with Crippen molar-refractivity contribution >= 4 is 12.0 Å². The number of nitrogens with zero attached hydrogens (tertiary/aromatic N) is 1. The van der Waals surface area contributed by atoms with Crippen LogP contribution in [-0.4, -0.2) is 41.1 Å². The fourth-order valence-electron chi connectivity index (χ4n) is 3.63. The van der Waals surface area contributed by atoms with Crippen LogP contribution in [0.15, 0.2) is 0 Å². The van der Waals surface area contributed by atoms with E-state index in [4.69, 9.17) is 0 Å². The average Bonchev–Trinajstić information content (AvgIpc) is 2.78. The van der Waals surface area contributed by atoms with E-state index < -0.39 is 12.0 Å². The van der Waals surface area contributed by atoms with E-state index in [1.165, 1.54) is 30.6 Å². The second-order valence-corrected chi connectivity index (χ2v) is 6.57. The predicted molar refractivity (Wildman–Crippen MR) is 76.4 cm³/mol. The highest BCUT2D eigenvalue weighted by molar-refractivity contribution is 5.83. The minimum absolute atomic E-state index is 0.0351. The van der Waals surface area contributed by atoms with Crippen LogP contribution in [0.4, 0.5) is 4.79 Å². The molecular weight excluding hydrogens is 256 g/mol. The number of amides is 2. The fourth-order valence-corrected chi connectivity index (χ4v) is 3.63. The fraction of sp³-hybridized carbons (Fsp3) is 0.867. The maximum atomic E-state index is 12.2. The van der Waals surface area contributed by atoms with Crippen LogP contribution in [0, 0.1) is 17.8 Å². The van der Waals surface area contributed by atoms with Gasteiger partial charge >= 0.3 is 12.0 Å². The predicted octanol–water partition coefficient (Wildman–Crippen LogP) is 2.32. The molecule has 0 bridgehead atoms. The van der Waals surface area contributed by atoms with E-state index in [1.807, 2.05) is 6.92 Å². The first-order valence-corrected chi connectivity index (χ1v) is 7.76. The number of rotatable bonds is 3. The molecule has 1 heterocycles. The van der Waals surface area contributed by atoms with E-state index in [-0.39, 0.29) is 11.9 Å². The van der Waals surface area contributed by atoms with Gasteiger partial charge in [0.2, 0.25) is 0 Å². The summed E-state index contributed by atoms with van der Waals surface area (Å²) in [5.41, 5.74) is 0. The Kier molecular flexibility index (Phi) is 4.89. The molecule has 2 N–H and O–H groups in total. The van der Waals surface area contributed by atoms with E-state index in [0.29, 0.717) is 19.0 Å². The molecule has 0 aromatic carbocycles. The zero-order chi connectivity index (χ0) is 14.7. The van der Waals surface area contributed by atoms with Crippen molar-refractivity contribution in [3.05, 3.63) is 0 Å². The van der Waals surface area contributed by atoms with Gasteiger partial charge in [-0.05, 0) is 37.0 Å². The van der Waals surface area contributed by atoms with Crippen LogP contribution in [0.2, 0.25) is 0 Å². The number of carbonyl (C=O) groups excluding carboxylic acids is 1. The molecule has 20 heavy (non-hydrogen) atoms. The monoisotopic (exact) mass is 282 g/mol. The molecule has 2 fully saturated rings. The molecule has 2 aliphatic rings. The lowest BCUT2D eigenvalue weighted by Gasteiger charge is -2.29. The standard InChI is InChI=1S/C15H26N2O3/c1-10-4-3-5-12(8-10)9-16-15(20)17-7-6-11(2)13(17)14(18)19/h10-13H,3-9H2,1-2H3,(H,16,20)(H,18,19). The first-order chi connectivity index (χ1) is 9.49. The highest BCUT2D eigenvalue weighted by atomic mass is 16.4. The van der Waals surface area contributed by atoms with Gasteiger partial charge in [-0.3, -0.25) is 0 Å². The van der Waals surface area contributed by atoms with E-state index >= 15 is 0 Å². The topological polar surface area (TPSA) is 69.6 Å². The Labute approximate surface area is 120 Å². The van der Waals surface area contributed by atoms with Crippen LogP contribution in [0.3, 0.4) is 0 Å². The molecule has 5 nitrogen and oxygen atoms in total. The van der Waals surface area contributed by atoms with Crippen molar-refractivity contribution in [2.24, 2.45) is 17.8 Å². The van der Waals surface area contributed by atoms with Gasteiger partial charge in [0.05, 0.1) is 0 Å². The highest BCUT2D eigenvalue weighted by Crippen LogP contribution is 2.28. The van der Waals surface area contributed by atoms with Crippen LogP contribution < -0.4 is 5.32 Å². The Morgan fingerprint density at radius 3 is 2.65 bits per heavy atom. The summed E-state index contributed by atoms with van der Waals surface area (Å²) >= 11 is 0. The Balaban J connectivity index is 1.83. The molecule has 5 heteroatoms. The smallest absolute Gasteiger partial charge is 0.326 e.